The smallest absolute Gasteiger partial charge is 0.0797 e. The lowest BCUT2D eigenvalue weighted by Crippen LogP contribution is -2.01. The third-order valence-corrected chi connectivity index (χ3v) is 3.48. The Labute approximate surface area is 99.5 Å². The number of hydrogen-bond donors (Lipinski definition) is 1. The minimum atomic E-state index is 0. The number of thioether (sulfide) groups is 1. The van der Waals surface area contributed by atoms with Crippen LogP contribution in [-0.2, 0) is 5.75 Å². The van der Waals surface area contributed by atoms with E-state index < -0.39 is 0 Å². The summed E-state index contributed by atoms with van der Waals surface area (Å²) in [5.74, 6) is 2.10. The predicted molar refractivity (Wildman–Crippen MR) is 66.6 cm³/mol. The molecule has 0 amide bonds. The van der Waals surface area contributed by atoms with E-state index in [2.05, 4.69) is 11.9 Å². The average molecular weight is 261 g/mol. The van der Waals surface area contributed by atoms with Crippen LogP contribution in [0.5, 0.6) is 0 Å². The molecule has 0 fully saturated rings. The predicted octanol–water partition coefficient (Wildman–Crippen LogP) is 2.49. The van der Waals surface area contributed by atoms with Crippen molar-refractivity contribution in [2.24, 2.45) is 5.73 Å². The molecule has 0 saturated carbocycles. The summed E-state index contributed by atoms with van der Waals surface area (Å²) in [6, 6.07) is 0. The SMILES string of the molecule is Cc1ncsc1CSCCN.Cl.Cl. The zero-order valence-corrected chi connectivity index (χ0v) is 10.6. The molecule has 1 aromatic rings. The van der Waals surface area contributed by atoms with Crippen LogP contribution in [0.4, 0.5) is 0 Å². The molecule has 0 spiro atoms. The number of aryl methyl sites for hydroxylation is 1. The fraction of sp³-hybridized carbons (Fsp3) is 0.571. The van der Waals surface area contributed by atoms with E-state index in [1.165, 1.54) is 10.6 Å². The van der Waals surface area contributed by atoms with Crippen LogP contribution in [0.3, 0.4) is 0 Å². The normalized spacial score (nSPS) is 8.77. The lowest BCUT2D eigenvalue weighted by atomic mass is 10.4. The van der Waals surface area contributed by atoms with Gasteiger partial charge in [0.25, 0.3) is 0 Å². The van der Waals surface area contributed by atoms with E-state index in [0.717, 1.165) is 18.1 Å². The van der Waals surface area contributed by atoms with Gasteiger partial charge in [0.05, 0.1) is 11.2 Å². The van der Waals surface area contributed by atoms with E-state index in [4.69, 9.17) is 5.73 Å². The number of halogens is 2. The minimum absolute atomic E-state index is 0. The summed E-state index contributed by atoms with van der Waals surface area (Å²) >= 11 is 3.60. The molecule has 6 heteroatoms. The third-order valence-electron chi connectivity index (χ3n) is 1.34. The molecule has 1 aromatic heterocycles. The molecule has 0 aliphatic rings. The van der Waals surface area contributed by atoms with Crippen LogP contribution < -0.4 is 5.73 Å². The van der Waals surface area contributed by atoms with Gasteiger partial charge in [-0.2, -0.15) is 11.8 Å². The quantitative estimate of drug-likeness (QED) is 0.846. The molecule has 2 nitrogen and oxygen atoms in total. The average Bonchev–Trinajstić information content (AvgIpc) is 2.37. The maximum absolute atomic E-state index is 5.37. The highest BCUT2D eigenvalue weighted by molar-refractivity contribution is 7.98. The molecule has 0 atom stereocenters. The highest BCUT2D eigenvalue weighted by atomic mass is 35.5. The van der Waals surface area contributed by atoms with Gasteiger partial charge in [-0.3, -0.25) is 0 Å². The van der Waals surface area contributed by atoms with Gasteiger partial charge in [-0.1, -0.05) is 0 Å². The van der Waals surface area contributed by atoms with Crippen molar-refractivity contribution in [2.45, 2.75) is 12.7 Å². The van der Waals surface area contributed by atoms with E-state index in [-0.39, 0.29) is 24.8 Å². The molecule has 1 rings (SSSR count). The molecule has 13 heavy (non-hydrogen) atoms. The van der Waals surface area contributed by atoms with E-state index >= 15 is 0 Å². The largest absolute Gasteiger partial charge is 0.330 e. The fourth-order valence-corrected chi connectivity index (χ4v) is 2.50. The Morgan fingerprint density at radius 2 is 2.23 bits per heavy atom. The molecule has 0 radical (unpaired) electrons. The van der Waals surface area contributed by atoms with Crippen molar-refractivity contribution in [2.75, 3.05) is 12.3 Å². The Kier molecular flexibility index (Phi) is 11.2. The number of nitrogens with two attached hydrogens (primary N) is 1. The second-order valence-electron chi connectivity index (χ2n) is 2.20. The van der Waals surface area contributed by atoms with Gasteiger partial charge in [-0.05, 0) is 6.92 Å². The standard InChI is InChI=1S/C7H12N2S2.2ClH/c1-6-7(11-5-9-6)4-10-3-2-8;;/h5H,2-4,8H2,1H3;2*1H. The molecule has 0 bridgehead atoms. The summed E-state index contributed by atoms with van der Waals surface area (Å²) < 4.78 is 0. The molecule has 0 unspecified atom stereocenters. The van der Waals surface area contributed by atoms with E-state index in [1.54, 1.807) is 11.3 Å². The van der Waals surface area contributed by atoms with Gasteiger partial charge in [0.1, 0.15) is 0 Å². The summed E-state index contributed by atoms with van der Waals surface area (Å²) in [5, 5.41) is 0. The first-order valence-corrected chi connectivity index (χ1v) is 5.55. The van der Waals surface area contributed by atoms with E-state index in [9.17, 15) is 0 Å². The molecule has 0 aliphatic carbocycles. The first-order chi connectivity index (χ1) is 5.34. The second-order valence-corrected chi connectivity index (χ2v) is 4.25. The van der Waals surface area contributed by atoms with Crippen molar-refractivity contribution < 1.29 is 0 Å². The molecule has 1 heterocycles. The highest BCUT2D eigenvalue weighted by Crippen LogP contribution is 2.18. The molecule has 0 aromatic carbocycles. The number of hydrogen-bond acceptors (Lipinski definition) is 4. The van der Waals surface area contributed by atoms with Crippen molar-refractivity contribution in [1.82, 2.24) is 4.98 Å². The maximum atomic E-state index is 5.37. The van der Waals surface area contributed by atoms with Crippen molar-refractivity contribution in [1.29, 1.82) is 0 Å². The number of thiazole rings is 1. The Balaban J connectivity index is 0. The van der Waals surface area contributed by atoms with Crippen molar-refractivity contribution in [3.63, 3.8) is 0 Å². The van der Waals surface area contributed by atoms with Crippen molar-refractivity contribution in [3.8, 4) is 0 Å². The Morgan fingerprint density at radius 1 is 1.54 bits per heavy atom. The van der Waals surface area contributed by atoms with Crippen LogP contribution in [0.1, 0.15) is 10.6 Å². The lowest BCUT2D eigenvalue weighted by Gasteiger charge is -1.96. The number of nitrogens with zero attached hydrogens (tertiary/aromatic N) is 1. The zero-order valence-electron chi connectivity index (χ0n) is 7.36. The molecular weight excluding hydrogens is 247 g/mol. The lowest BCUT2D eigenvalue weighted by molar-refractivity contribution is 1.15. The van der Waals surface area contributed by atoms with Crippen LogP contribution in [0, 0.1) is 6.92 Å². The fourth-order valence-electron chi connectivity index (χ4n) is 0.713. The number of aromatic nitrogens is 1. The zero-order chi connectivity index (χ0) is 8.10. The van der Waals surface area contributed by atoms with Gasteiger partial charge in [-0.15, -0.1) is 36.2 Å². The topological polar surface area (TPSA) is 38.9 Å². The molecular formula is C7H14Cl2N2S2. The van der Waals surface area contributed by atoms with Crippen molar-refractivity contribution in [3.05, 3.63) is 16.1 Å². The monoisotopic (exact) mass is 260 g/mol. The van der Waals surface area contributed by atoms with Gasteiger partial charge < -0.3 is 5.73 Å². The van der Waals surface area contributed by atoms with Crippen LogP contribution in [0.15, 0.2) is 5.51 Å². The van der Waals surface area contributed by atoms with Gasteiger partial charge in [0, 0.05) is 22.9 Å². The summed E-state index contributed by atoms with van der Waals surface area (Å²) in [7, 11) is 0. The van der Waals surface area contributed by atoms with E-state index in [0.29, 0.717) is 0 Å². The first kappa shape index (κ1) is 16.0. The Bertz CT molecular complexity index is 218. The van der Waals surface area contributed by atoms with Gasteiger partial charge in [0.15, 0.2) is 0 Å². The van der Waals surface area contributed by atoms with Gasteiger partial charge in [-0.25, -0.2) is 4.98 Å². The van der Waals surface area contributed by atoms with Crippen LogP contribution in [0.2, 0.25) is 0 Å². The molecule has 78 valence electrons. The maximum Gasteiger partial charge on any atom is 0.0797 e. The van der Waals surface area contributed by atoms with Crippen LogP contribution >= 0.6 is 47.9 Å². The van der Waals surface area contributed by atoms with Crippen LogP contribution in [-0.4, -0.2) is 17.3 Å². The summed E-state index contributed by atoms with van der Waals surface area (Å²) in [6.45, 7) is 2.82. The second kappa shape index (κ2) is 9.09. The van der Waals surface area contributed by atoms with Crippen LogP contribution in [0.25, 0.3) is 0 Å². The first-order valence-electron chi connectivity index (χ1n) is 3.51. The van der Waals surface area contributed by atoms with Gasteiger partial charge in [0.2, 0.25) is 0 Å². The summed E-state index contributed by atoms with van der Waals surface area (Å²) in [6.07, 6.45) is 0. The highest BCUT2D eigenvalue weighted by Gasteiger charge is 1.99. The molecule has 2 N–H and O–H groups in total. The Morgan fingerprint density at radius 3 is 2.69 bits per heavy atom. The minimum Gasteiger partial charge on any atom is -0.330 e. The van der Waals surface area contributed by atoms with Gasteiger partial charge >= 0.3 is 0 Å². The van der Waals surface area contributed by atoms with Crippen molar-refractivity contribution >= 4 is 47.9 Å². The molecule has 0 aliphatic heterocycles. The number of rotatable bonds is 4. The summed E-state index contributed by atoms with van der Waals surface area (Å²) in [5.41, 5.74) is 8.44. The summed E-state index contributed by atoms with van der Waals surface area (Å²) in [4.78, 5) is 5.55. The third kappa shape index (κ3) is 5.75. The van der Waals surface area contributed by atoms with E-state index in [1.807, 2.05) is 17.3 Å². The molecule has 0 saturated heterocycles. The Hall–Kier alpha value is 0.520.